The van der Waals surface area contributed by atoms with Crippen molar-refractivity contribution in [3.05, 3.63) is 22.3 Å². The summed E-state index contributed by atoms with van der Waals surface area (Å²) in [6.07, 6.45) is 5.50. The van der Waals surface area contributed by atoms with E-state index in [4.69, 9.17) is 5.73 Å². The molecule has 1 atom stereocenters. The predicted molar refractivity (Wildman–Crippen MR) is 76.7 cm³/mol. The number of anilines is 1. The highest BCUT2D eigenvalue weighted by Gasteiger charge is 2.27. The third kappa shape index (κ3) is 3.25. The maximum absolute atomic E-state index is 12.6. The number of likely N-dealkylation sites (tertiary alicyclic amines) is 1. The number of aliphatic hydroxyl groups is 1. The molecule has 2 heterocycles. The fraction of sp³-hybridized carbons (Fsp3) is 0.538. The fourth-order valence-electron chi connectivity index (χ4n) is 2.41. The first-order valence-corrected chi connectivity index (χ1v) is 7.25. The molecule has 5 nitrogen and oxygen atoms in total. The lowest BCUT2D eigenvalue weighted by molar-refractivity contribution is 0.0600. The van der Waals surface area contributed by atoms with Crippen LogP contribution in [0.15, 0.2) is 16.7 Å². The summed E-state index contributed by atoms with van der Waals surface area (Å²) in [7, 11) is 0. The molecule has 1 aromatic heterocycles. The Hall–Kier alpha value is -1.14. The molecule has 19 heavy (non-hydrogen) atoms. The third-order valence-electron chi connectivity index (χ3n) is 3.46. The molecule has 0 aromatic carbocycles. The number of nitrogen functional groups attached to an aromatic ring is 1. The molecule has 0 radical (unpaired) electrons. The van der Waals surface area contributed by atoms with Crippen molar-refractivity contribution in [3.63, 3.8) is 0 Å². The summed E-state index contributed by atoms with van der Waals surface area (Å²) in [5, 5.41) is 9.46. The Balaban J connectivity index is 2.27. The number of carbonyl (C=O) groups is 1. The number of aliphatic hydroxyl groups excluding tert-OH is 1. The van der Waals surface area contributed by atoms with Crippen LogP contribution < -0.4 is 5.73 Å². The summed E-state index contributed by atoms with van der Waals surface area (Å²) < 4.78 is 0.723. The fourth-order valence-corrected chi connectivity index (χ4v) is 2.74. The Morgan fingerprint density at radius 1 is 1.53 bits per heavy atom. The molecule has 1 amide bonds. The Labute approximate surface area is 120 Å². The van der Waals surface area contributed by atoms with Crippen LogP contribution in [0.5, 0.6) is 0 Å². The average molecular weight is 328 g/mol. The van der Waals surface area contributed by atoms with E-state index >= 15 is 0 Å². The first kappa shape index (κ1) is 14.3. The van der Waals surface area contributed by atoms with E-state index < -0.39 is 0 Å². The summed E-state index contributed by atoms with van der Waals surface area (Å²) >= 11 is 3.30. The van der Waals surface area contributed by atoms with Gasteiger partial charge in [0.2, 0.25) is 0 Å². The van der Waals surface area contributed by atoms with Crippen LogP contribution in [0.1, 0.15) is 36.0 Å². The summed E-state index contributed by atoms with van der Waals surface area (Å²) in [5.41, 5.74) is 6.18. The highest BCUT2D eigenvalue weighted by molar-refractivity contribution is 9.10. The summed E-state index contributed by atoms with van der Waals surface area (Å²) in [6.45, 7) is 0.656. The predicted octanol–water partition coefficient (Wildman–Crippen LogP) is 1.80. The molecular formula is C13H18BrN3O2. The lowest BCUT2D eigenvalue weighted by Crippen LogP contribution is -2.42. The number of hydrogen-bond donors (Lipinski definition) is 2. The van der Waals surface area contributed by atoms with Crippen LogP contribution in [-0.4, -0.2) is 40.1 Å². The van der Waals surface area contributed by atoms with Gasteiger partial charge in [-0.05, 0) is 34.8 Å². The van der Waals surface area contributed by atoms with Crippen molar-refractivity contribution in [3.8, 4) is 0 Å². The SMILES string of the molecule is Nc1ncc(Br)cc1C(=O)N1CCCCCC1CO. The normalized spacial score (nSPS) is 20.1. The van der Waals surface area contributed by atoms with Gasteiger partial charge >= 0.3 is 0 Å². The van der Waals surface area contributed by atoms with Crippen LogP contribution in [0.4, 0.5) is 5.82 Å². The number of amides is 1. The number of hydrogen-bond acceptors (Lipinski definition) is 4. The molecule has 1 aromatic rings. The smallest absolute Gasteiger partial charge is 0.257 e. The Morgan fingerprint density at radius 2 is 2.32 bits per heavy atom. The van der Waals surface area contributed by atoms with E-state index in [9.17, 15) is 9.90 Å². The number of nitrogens with two attached hydrogens (primary N) is 1. The second kappa shape index (κ2) is 6.34. The highest BCUT2D eigenvalue weighted by Crippen LogP contribution is 2.22. The Kier molecular flexibility index (Phi) is 4.76. The molecule has 0 aliphatic carbocycles. The Bertz CT molecular complexity index is 467. The molecule has 2 rings (SSSR count). The van der Waals surface area contributed by atoms with E-state index in [1.54, 1.807) is 17.2 Å². The van der Waals surface area contributed by atoms with Gasteiger partial charge < -0.3 is 15.7 Å². The van der Waals surface area contributed by atoms with Crippen molar-refractivity contribution in [2.24, 2.45) is 0 Å². The van der Waals surface area contributed by atoms with Crippen molar-refractivity contribution in [2.75, 3.05) is 18.9 Å². The van der Waals surface area contributed by atoms with Gasteiger partial charge in [0, 0.05) is 17.2 Å². The number of carbonyl (C=O) groups excluding carboxylic acids is 1. The lowest BCUT2D eigenvalue weighted by atomic mass is 10.1. The topological polar surface area (TPSA) is 79.5 Å². The molecule has 1 fully saturated rings. The lowest BCUT2D eigenvalue weighted by Gasteiger charge is -2.29. The van der Waals surface area contributed by atoms with Gasteiger partial charge in [-0.3, -0.25) is 4.79 Å². The van der Waals surface area contributed by atoms with Gasteiger partial charge in [0.15, 0.2) is 0 Å². The molecule has 0 spiro atoms. The zero-order chi connectivity index (χ0) is 13.8. The molecule has 0 saturated carbocycles. The van der Waals surface area contributed by atoms with E-state index in [0.717, 1.165) is 30.2 Å². The van der Waals surface area contributed by atoms with Crippen molar-refractivity contribution in [1.82, 2.24) is 9.88 Å². The molecule has 3 N–H and O–H groups in total. The van der Waals surface area contributed by atoms with Crippen LogP contribution in [0, 0.1) is 0 Å². The van der Waals surface area contributed by atoms with E-state index in [1.807, 2.05) is 0 Å². The molecule has 0 bridgehead atoms. The summed E-state index contributed by atoms with van der Waals surface area (Å²) in [5.74, 6) is 0.0846. The van der Waals surface area contributed by atoms with Crippen molar-refractivity contribution in [1.29, 1.82) is 0 Å². The quantitative estimate of drug-likeness (QED) is 0.868. The van der Waals surface area contributed by atoms with Gasteiger partial charge in [-0.2, -0.15) is 0 Å². The van der Waals surface area contributed by atoms with Crippen LogP contribution in [0.3, 0.4) is 0 Å². The number of nitrogens with zero attached hydrogens (tertiary/aromatic N) is 2. The number of pyridine rings is 1. The van der Waals surface area contributed by atoms with Gasteiger partial charge in [-0.15, -0.1) is 0 Å². The standard InChI is InChI=1S/C13H18BrN3O2/c14-9-6-11(12(15)16-7-9)13(19)17-5-3-1-2-4-10(17)8-18/h6-7,10,18H,1-5,8H2,(H2,15,16). The molecule has 1 aliphatic heterocycles. The van der Waals surface area contributed by atoms with E-state index in [2.05, 4.69) is 20.9 Å². The molecular weight excluding hydrogens is 310 g/mol. The number of rotatable bonds is 2. The molecule has 1 saturated heterocycles. The zero-order valence-corrected chi connectivity index (χ0v) is 12.3. The van der Waals surface area contributed by atoms with Gasteiger partial charge in [0.1, 0.15) is 5.82 Å². The first-order valence-electron chi connectivity index (χ1n) is 6.46. The van der Waals surface area contributed by atoms with Crippen LogP contribution >= 0.6 is 15.9 Å². The van der Waals surface area contributed by atoms with Crippen LogP contribution in [0.2, 0.25) is 0 Å². The maximum atomic E-state index is 12.6. The van der Waals surface area contributed by atoms with Crippen molar-refractivity contribution < 1.29 is 9.90 Å². The minimum Gasteiger partial charge on any atom is -0.394 e. The average Bonchev–Trinajstić information content (AvgIpc) is 2.65. The number of aromatic nitrogens is 1. The Morgan fingerprint density at radius 3 is 3.05 bits per heavy atom. The van der Waals surface area contributed by atoms with Gasteiger partial charge in [-0.25, -0.2) is 4.98 Å². The molecule has 104 valence electrons. The summed E-state index contributed by atoms with van der Waals surface area (Å²) in [6, 6.07) is 1.57. The van der Waals surface area contributed by atoms with Crippen LogP contribution in [0.25, 0.3) is 0 Å². The van der Waals surface area contributed by atoms with Gasteiger partial charge in [0.25, 0.3) is 5.91 Å². The molecule has 1 unspecified atom stereocenters. The summed E-state index contributed by atoms with van der Waals surface area (Å²) in [4.78, 5) is 18.3. The largest absolute Gasteiger partial charge is 0.394 e. The van der Waals surface area contributed by atoms with Gasteiger partial charge in [-0.1, -0.05) is 12.8 Å². The van der Waals surface area contributed by atoms with Crippen LogP contribution in [-0.2, 0) is 0 Å². The highest BCUT2D eigenvalue weighted by atomic mass is 79.9. The second-order valence-corrected chi connectivity index (χ2v) is 5.69. The monoisotopic (exact) mass is 327 g/mol. The third-order valence-corrected chi connectivity index (χ3v) is 3.90. The number of halogens is 1. The molecule has 1 aliphatic rings. The first-order chi connectivity index (χ1) is 9.13. The van der Waals surface area contributed by atoms with Crippen molar-refractivity contribution >= 4 is 27.7 Å². The van der Waals surface area contributed by atoms with E-state index in [-0.39, 0.29) is 24.4 Å². The second-order valence-electron chi connectivity index (χ2n) is 4.77. The van der Waals surface area contributed by atoms with E-state index in [0.29, 0.717) is 12.1 Å². The maximum Gasteiger partial charge on any atom is 0.257 e. The zero-order valence-electron chi connectivity index (χ0n) is 10.7. The minimum absolute atomic E-state index is 0.00687. The van der Waals surface area contributed by atoms with Crippen molar-refractivity contribution in [2.45, 2.75) is 31.7 Å². The minimum atomic E-state index is -0.146. The van der Waals surface area contributed by atoms with Gasteiger partial charge in [0.05, 0.1) is 18.2 Å². The molecule has 6 heteroatoms. The van der Waals surface area contributed by atoms with E-state index in [1.165, 1.54) is 0 Å².